The minimum absolute atomic E-state index is 0.0432. The second-order valence-electron chi connectivity index (χ2n) is 10.1. The van der Waals surface area contributed by atoms with Crippen molar-refractivity contribution >= 4 is 50.7 Å². The van der Waals surface area contributed by atoms with Crippen LogP contribution >= 0.6 is 34.7 Å². The molecule has 0 N–H and O–H groups in total. The molecule has 0 aliphatic heterocycles. The minimum atomic E-state index is -0.0618. The summed E-state index contributed by atoms with van der Waals surface area (Å²) in [5, 5.41) is 10.8. The van der Waals surface area contributed by atoms with Gasteiger partial charge >= 0.3 is 0 Å². The van der Waals surface area contributed by atoms with Crippen molar-refractivity contribution in [3.8, 4) is 22.9 Å². The maximum absolute atomic E-state index is 14.3. The zero-order valence-corrected chi connectivity index (χ0v) is 24.9. The van der Waals surface area contributed by atoms with Crippen molar-refractivity contribution in [2.45, 2.75) is 51.2 Å². The molecule has 0 unspecified atom stereocenters. The molecule has 0 radical (unpaired) electrons. The van der Waals surface area contributed by atoms with Gasteiger partial charge in [-0.05, 0) is 85.8 Å². The first-order chi connectivity index (χ1) is 19.4. The van der Waals surface area contributed by atoms with Crippen LogP contribution in [0.5, 0.6) is 5.75 Å². The lowest BCUT2D eigenvalue weighted by atomic mass is 9.89. The van der Waals surface area contributed by atoms with Crippen LogP contribution in [0.25, 0.3) is 21.2 Å². The molecule has 1 aromatic heterocycles. The lowest BCUT2D eigenvalue weighted by Crippen LogP contribution is -2.44. The van der Waals surface area contributed by atoms with Crippen LogP contribution in [-0.4, -0.2) is 41.0 Å². The highest BCUT2D eigenvalue weighted by Gasteiger charge is 2.33. The van der Waals surface area contributed by atoms with Gasteiger partial charge < -0.3 is 9.64 Å². The van der Waals surface area contributed by atoms with Crippen LogP contribution in [0.15, 0.2) is 66.7 Å². The fourth-order valence-corrected chi connectivity index (χ4v) is 7.17. The van der Waals surface area contributed by atoms with Crippen molar-refractivity contribution in [2.75, 3.05) is 13.7 Å². The van der Waals surface area contributed by atoms with Crippen LogP contribution in [0.1, 0.15) is 53.4 Å². The van der Waals surface area contributed by atoms with E-state index >= 15 is 0 Å². The fourth-order valence-electron chi connectivity index (χ4n) is 5.51. The second kappa shape index (κ2) is 12.6. The SMILES string of the molecule is CCOc1ccc(-c2cccc(C#N)c2)cc1CN(C(=O)c1sc2ccccc2c1Cl)[C@H]1CC[C@H](N(C)Cl)CC1. The van der Waals surface area contributed by atoms with Crippen molar-refractivity contribution in [1.82, 2.24) is 9.32 Å². The number of fused-ring (bicyclic) bond motifs is 1. The maximum atomic E-state index is 14.3. The monoisotopic (exact) mass is 591 g/mol. The van der Waals surface area contributed by atoms with E-state index in [4.69, 9.17) is 28.1 Å². The molecule has 1 amide bonds. The smallest absolute Gasteiger partial charge is 0.266 e. The Morgan fingerprint density at radius 3 is 2.45 bits per heavy atom. The number of ether oxygens (including phenoxy) is 1. The van der Waals surface area contributed by atoms with Crippen molar-refractivity contribution < 1.29 is 9.53 Å². The van der Waals surface area contributed by atoms with E-state index in [1.165, 1.54) is 11.3 Å². The molecule has 8 heteroatoms. The van der Waals surface area contributed by atoms with Crippen LogP contribution in [0.4, 0.5) is 0 Å². The number of hydrogen-bond donors (Lipinski definition) is 0. The van der Waals surface area contributed by atoms with Crippen molar-refractivity contribution in [3.63, 3.8) is 0 Å². The summed E-state index contributed by atoms with van der Waals surface area (Å²) in [7, 11) is 1.90. The van der Waals surface area contributed by atoms with Crippen LogP contribution < -0.4 is 4.74 Å². The van der Waals surface area contributed by atoms with E-state index < -0.39 is 0 Å². The Morgan fingerprint density at radius 1 is 1.02 bits per heavy atom. The first-order valence-electron chi connectivity index (χ1n) is 13.5. The number of nitriles is 1. The molecule has 1 fully saturated rings. The third kappa shape index (κ3) is 5.99. The number of thiophene rings is 1. The number of carbonyl (C=O) groups is 1. The van der Waals surface area contributed by atoms with Crippen molar-refractivity contribution in [3.05, 3.63) is 87.8 Å². The number of hydrogen-bond acceptors (Lipinski definition) is 5. The highest BCUT2D eigenvalue weighted by molar-refractivity contribution is 7.21. The highest BCUT2D eigenvalue weighted by Crippen LogP contribution is 2.39. The summed E-state index contributed by atoms with van der Waals surface area (Å²) in [5.74, 6) is 0.685. The first-order valence-corrected chi connectivity index (χ1v) is 15.1. The summed E-state index contributed by atoms with van der Waals surface area (Å²) in [6, 6.07) is 24.0. The van der Waals surface area contributed by atoms with Crippen molar-refractivity contribution in [1.29, 1.82) is 5.26 Å². The van der Waals surface area contributed by atoms with E-state index in [0.717, 1.165) is 58.2 Å². The molecule has 1 aliphatic rings. The molecule has 0 atom stereocenters. The summed E-state index contributed by atoms with van der Waals surface area (Å²) >= 11 is 14.5. The molecule has 40 heavy (non-hydrogen) atoms. The molecule has 1 saturated carbocycles. The predicted molar refractivity (Wildman–Crippen MR) is 164 cm³/mol. The Balaban J connectivity index is 1.54. The quantitative estimate of drug-likeness (QED) is 0.193. The normalized spacial score (nSPS) is 17.1. The molecule has 206 valence electrons. The molecule has 1 aliphatic carbocycles. The van der Waals surface area contributed by atoms with Gasteiger partial charge in [-0.1, -0.05) is 48.0 Å². The Hall–Kier alpha value is -3.08. The summed E-state index contributed by atoms with van der Waals surface area (Å²) < 4.78 is 8.79. The topological polar surface area (TPSA) is 56.6 Å². The third-order valence-corrected chi connectivity index (χ3v) is 9.57. The largest absolute Gasteiger partial charge is 0.494 e. The summed E-state index contributed by atoms with van der Waals surface area (Å²) in [6.07, 6.45) is 3.52. The van der Waals surface area contributed by atoms with Gasteiger partial charge in [0.05, 0.1) is 23.3 Å². The van der Waals surface area contributed by atoms with Crippen LogP contribution in [0, 0.1) is 11.3 Å². The molecule has 0 saturated heterocycles. The van der Waals surface area contributed by atoms with E-state index in [1.54, 1.807) is 10.5 Å². The zero-order valence-electron chi connectivity index (χ0n) is 22.6. The molecular weight excluding hydrogens is 561 g/mol. The second-order valence-corrected chi connectivity index (χ2v) is 12.1. The van der Waals surface area contributed by atoms with Gasteiger partial charge in [0, 0.05) is 41.3 Å². The molecule has 0 bridgehead atoms. The molecule has 5 rings (SSSR count). The van der Waals surface area contributed by atoms with Gasteiger partial charge in [0.1, 0.15) is 10.6 Å². The van der Waals surface area contributed by atoms with Crippen molar-refractivity contribution in [2.24, 2.45) is 0 Å². The number of rotatable bonds is 8. The Kier molecular flexibility index (Phi) is 8.97. The number of halogens is 2. The van der Waals surface area contributed by atoms with Crippen LogP contribution in [0.3, 0.4) is 0 Å². The lowest BCUT2D eigenvalue weighted by molar-refractivity contribution is 0.0589. The molecule has 3 aromatic carbocycles. The molecule has 0 spiro atoms. The van der Waals surface area contributed by atoms with Gasteiger partial charge in [-0.3, -0.25) is 4.79 Å². The number of carbonyl (C=O) groups excluding carboxylic acids is 1. The average Bonchev–Trinajstić information content (AvgIpc) is 3.32. The van der Waals surface area contributed by atoms with E-state index in [-0.39, 0.29) is 18.0 Å². The standard InChI is InChI=1S/C32H31Cl2N3O2S/c1-3-39-28-16-11-23(22-8-6-7-21(17-22)19-35)18-24(28)20-37(26-14-12-25(13-15-26)36(2)34)32(38)31-30(33)27-9-4-5-10-29(27)40-31/h4-11,16-18,25-26H,3,12-15,20H2,1-2H3/t25-,26-. The number of benzene rings is 3. The average molecular weight is 593 g/mol. The number of amides is 1. The molecule has 5 nitrogen and oxygen atoms in total. The molecule has 1 heterocycles. The Morgan fingerprint density at radius 2 is 1.75 bits per heavy atom. The zero-order chi connectivity index (χ0) is 28.2. The van der Waals surface area contributed by atoms with E-state index in [1.807, 2.05) is 73.5 Å². The Bertz CT molecular complexity index is 1550. The highest BCUT2D eigenvalue weighted by atomic mass is 35.5. The van der Waals surface area contributed by atoms with Crippen LogP contribution in [-0.2, 0) is 6.54 Å². The van der Waals surface area contributed by atoms with Gasteiger partial charge in [0.25, 0.3) is 5.91 Å². The van der Waals surface area contributed by atoms with Gasteiger partial charge in [0.15, 0.2) is 0 Å². The predicted octanol–water partition coefficient (Wildman–Crippen LogP) is 8.53. The van der Waals surface area contributed by atoms with E-state index in [2.05, 4.69) is 12.1 Å². The minimum Gasteiger partial charge on any atom is -0.494 e. The van der Waals surface area contributed by atoms with E-state index in [0.29, 0.717) is 28.6 Å². The summed E-state index contributed by atoms with van der Waals surface area (Å²) in [5.41, 5.74) is 3.43. The van der Waals surface area contributed by atoms with E-state index in [9.17, 15) is 10.1 Å². The van der Waals surface area contributed by atoms with Gasteiger partial charge in [-0.25, -0.2) is 4.42 Å². The summed E-state index contributed by atoms with van der Waals surface area (Å²) in [6.45, 7) is 2.86. The van der Waals surface area contributed by atoms with Gasteiger partial charge in [0.2, 0.25) is 0 Å². The first kappa shape index (κ1) is 28.4. The fraction of sp³-hybridized carbons (Fsp3) is 0.312. The maximum Gasteiger partial charge on any atom is 0.266 e. The molecular formula is C32H31Cl2N3O2S. The third-order valence-electron chi connectivity index (χ3n) is 7.63. The van der Waals surface area contributed by atoms with Gasteiger partial charge in [-0.15, -0.1) is 11.3 Å². The van der Waals surface area contributed by atoms with Gasteiger partial charge in [-0.2, -0.15) is 5.26 Å². The van der Waals surface area contributed by atoms with Crippen LogP contribution in [0.2, 0.25) is 5.02 Å². The Labute approximate surface area is 249 Å². The number of nitrogens with zero attached hydrogens (tertiary/aromatic N) is 3. The lowest BCUT2D eigenvalue weighted by Gasteiger charge is -2.38. The summed E-state index contributed by atoms with van der Waals surface area (Å²) in [4.78, 5) is 16.8. The molecule has 4 aromatic rings.